The van der Waals surface area contributed by atoms with E-state index in [4.69, 9.17) is 0 Å². The zero-order valence-corrected chi connectivity index (χ0v) is 32.7. The molecule has 58 heavy (non-hydrogen) atoms. The van der Waals surface area contributed by atoms with Crippen LogP contribution >= 0.6 is 0 Å². The minimum Gasteiger partial charge on any atom is -0.355 e. The summed E-state index contributed by atoms with van der Waals surface area (Å²) >= 11 is 0. The van der Waals surface area contributed by atoms with Crippen molar-refractivity contribution in [1.82, 2.24) is 14.1 Å². The Morgan fingerprint density at radius 2 is 0.845 bits per heavy atom. The number of para-hydroxylation sites is 5. The van der Waals surface area contributed by atoms with Crippen molar-refractivity contribution in [1.29, 1.82) is 0 Å². The van der Waals surface area contributed by atoms with Crippen molar-refractivity contribution in [3.8, 4) is 11.4 Å². The van der Waals surface area contributed by atoms with Gasteiger partial charge in [-0.15, -0.1) is 0 Å². The molecule has 0 atom stereocenters. The highest BCUT2D eigenvalue weighted by atomic mass is 28.3. The molecule has 3 heterocycles. The topological polar surface area (TPSA) is 25.6 Å². The van der Waals surface area contributed by atoms with Crippen LogP contribution in [0.1, 0.15) is 0 Å². The van der Waals surface area contributed by atoms with E-state index >= 15 is 0 Å². The summed E-state index contributed by atoms with van der Waals surface area (Å²) in [5, 5.41) is 13.0. The van der Waals surface area contributed by atoms with Crippen molar-refractivity contribution in [3.05, 3.63) is 218 Å². The monoisotopic (exact) mass is 755 g/mol. The number of hydrogen-bond acceptors (Lipinski definition) is 0. The molecule has 0 aliphatic rings. The van der Waals surface area contributed by atoms with Crippen LogP contribution < -0.4 is 20.7 Å². The van der Waals surface area contributed by atoms with Gasteiger partial charge in [0, 0.05) is 54.7 Å². The van der Waals surface area contributed by atoms with Crippen molar-refractivity contribution in [2.45, 2.75) is 0 Å². The molecule has 12 rings (SSSR count). The second-order valence-corrected chi connectivity index (χ2v) is 19.1. The first kappa shape index (κ1) is 32.8. The van der Waals surface area contributed by atoms with Gasteiger partial charge >= 0.3 is 0 Å². The van der Waals surface area contributed by atoms with Crippen LogP contribution in [0.5, 0.6) is 0 Å². The zero-order valence-electron chi connectivity index (χ0n) is 31.7. The fraction of sp³-hybridized carbons (Fsp3) is 0. The van der Waals surface area contributed by atoms with Gasteiger partial charge in [0.25, 0.3) is 0 Å². The lowest BCUT2D eigenvalue weighted by atomic mass is 10.1. The number of rotatable bonds is 6. The largest absolute Gasteiger partial charge is 0.355 e. The zero-order chi connectivity index (χ0) is 38.2. The highest BCUT2D eigenvalue weighted by Gasteiger charge is 2.44. The number of aromatic nitrogens is 3. The van der Waals surface area contributed by atoms with E-state index in [0.29, 0.717) is 0 Å². The molecule has 272 valence electrons. The molecule has 0 aliphatic carbocycles. The molecule has 3 nitrogen and oxygen atoms in total. The van der Waals surface area contributed by atoms with Crippen LogP contribution in [0, 0.1) is 0 Å². The summed E-state index contributed by atoms with van der Waals surface area (Å²) in [6, 6.07) is 80.9. The van der Waals surface area contributed by atoms with Gasteiger partial charge in [0.1, 0.15) is 0 Å². The van der Waals surface area contributed by atoms with E-state index in [0.717, 1.165) is 16.9 Å². The highest BCUT2D eigenvalue weighted by Crippen LogP contribution is 2.37. The van der Waals surface area contributed by atoms with Crippen LogP contribution in [0.4, 0.5) is 0 Å². The molecule has 0 amide bonds. The number of benzene rings is 9. The fourth-order valence-corrected chi connectivity index (χ4v) is 15.2. The Morgan fingerprint density at radius 1 is 0.328 bits per heavy atom. The molecule has 0 bridgehead atoms. The van der Waals surface area contributed by atoms with Crippen LogP contribution in [0.2, 0.25) is 0 Å². The Labute approximate surface area is 336 Å². The Bertz CT molecular complexity index is 3460. The first-order valence-electron chi connectivity index (χ1n) is 20.0. The summed E-state index contributed by atoms with van der Waals surface area (Å²) in [4.78, 5) is 3.95. The Hall–Kier alpha value is -7.40. The molecule has 0 unspecified atom stereocenters. The maximum atomic E-state index is 3.95. The second kappa shape index (κ2) is 12.8. The van der Waals surface area contributed by atoms with Gasteiger partial charge in [0.05, 0.1) is 22.1 Å². The summed E-state index contributed by atoms with van der Waals surface area (Å²) in [6.07, 6.45) is 0. The lowest BCUT2D eigenvalue weighted by Gasteiger charge is -2.35. The number of nitrogens with zero attached hydrogens (tertiary/aromatic N) is 2. The number of hydrogen-bond donors (Lipinski definition) is 1. The maximum absolute atomic E-state index is 3.95. The van der Waals surface area contributed by atoms with E-state index in [1.165, 1.54) is 80.6 Å². The smallest absolute Gasteiger partial charge is 0.182 e. The minimum atomic E-state index is -3.06. The molecule has 0 aliphatic heterocycles. The van der Waals surface area contributed by atoms with Gasteiger partial charge in [-0.25, -0.2) is 0 Å². The van der Waals surface area contributed by atoms with Crippen LogP contribution in [0.3, 0.4) is 0 Å². The SMILES string of the molecule is c1ccc(-n2c3ccccc3c3cc(-n4c5ccccc5c5c([Si](c6ccccc6)(c6ccccc6)c6cccc7c6[nH]c6ccccc67)cccc54)ccc32)cc1. The maximum Gasteiger partial charge on any atom is 0.182 e. The quantitative estimate of drug-likeness (QED) is 0.129. The molecule has 1 N–H and O–H groups in total. The van der Waals surface area contributed by atoms with Gasteiger partial charge in [0.15, 0.2) is 8.07 Å². The van der Waals surface area contributed by atoms with Crippen molar-refractivity contribution in [2.75, 3.05) is 0 Å². The van der Waals surface area contributed by atoms with Crippen LogP contribution in [0.25, 0.3) is 76.8 Å². The van der Waals surface area contributed by atoms with Gasteiger partial charge in [-0.05, 0) is 75.3 Å². The van der Waals surface area contributed by atoms with Crippen molar-refractivity contribution in [2.24, 2.45) is 0 Å². The first-order chi connectivity index (χ1) is 28.8. The lowest BCUT2D eigenvalue weighted by molar-refractivity contribution is 1.17. The molecule has 9 aromatic carbocycles. The van der Waals surface area contributed by atoms with Crippen molar-refractivity contribution in [3.63, 3.8) is 0 Å². The molecule has 0 fully saturated rings. The second-order valence-electron chi connectivity index (χ2n) is 15.3. The van der Waals surface area contributed by atoms with Gasteiger partial charge in [-0.3, -0.25) is 0 Å². The minimum absolute atomic E-state index is 1.15. The van der Waals surface area contributed by atoms with Crippen LogP contribution in [0.15, 0.2) is 218 Å². The summed E-state index contributed by atoms with van der Waals surface area (Å²) in [5.41, 5.74) is 9.49. The predicted molar refractivity (Wildman–Crippen MR) is 248 cm³/mol. The van der Waals surface area contributed by atoms with Gasteiger partial charge in [-0.2, -0.15) is 0 Å². The van der Waals surface area contributed by atoms with E-state index in [9.17, 15) is 0 Å². The molecule has 3 aromatic heterocycles. The average molecular weight is 756 g/mol. The molecule has 4 heteroatoms. The highest BCUT2D eigenvalue weighted by molar-refractivity contribution is 7.21. The average Bonchev–Trinajstić information content (AvgIpc) is 3.96. The molecule has 12 aromatic rings. The van der Waals surface area contributed by atoms with Gasteiger partial charge in [-0.1, -0.05) is 164 Å². The number of fused-ring (bicyclic) bond motifs is 9. The van der Waals surface area contributed by atoms with E-state index in [1.807, 2.05) is 0 Å². The fourth-order valence-electron chi connectivity index (χ4n) is 10.1. The summed E-state index contributed by atoms with van der Waals surface area (Å²) in [7, 11) is -3.06. The van der Waals surface area contributed by atoms with Crippen molar-refractivity contribution >= 4 is 94.2 Å². The summed E-state index contributed by atoms with van der Waals surface area (Å²) in [5.74, 6) is 0. The third-order valence-corrected chi connectivity index (χ3v) is 17.2. The van der Waals surface area contributed by atoms with Crippen LogP contribution in [-0.4, -0.2) is 22.2 Å². The molecule has 0 spiro atoms. The standard InChI is InChI=1S/C54H37N3Si/c1-4-18-37(19-5-1)56-47-29-14-11-25-42(47)45-36-38(34-35-49(45)56)57-48-30-15-12-26-44(48)53-50(57)31-17-32-51(53)58(39-20-6-2-7-21-39,40-22-8-3-9-23-40)52-33-16-27-43-41-24-10-13-28-46(41)55-54(43)52/h1-36,55H. The third-order valence-electron chi connectivity index (χ3n) is 12.4. The summed E-state index contributed by atoms with van der Waals surface area (Å²) in [6.45, 7) is 0. The van der Waals surface area contributed by atoms with Crippen molar-refractivity contribution < 1.29 is 0 Å². The van der Waals surface area contributed by atoms with E-state index in [-0.39, 0.29) is 0 Å². The van der Waals surface area contributed by atoms with Crippen LogP contribution in [-0.2, 0) is 0 Å². The molecule has 0 saturated carbocycles. The summed E-state index contributed by atoms with van der Waals surface area (Å²) < 4.78 is 4.89. The number of nitrogens with one attached hydrogen (secondary N) is 1. The Balaban J connectivity index is 1.21. The van der Waals surface area contributed by atoms with Gasteiger partial charge < -0.3 is 14.1 Å². The number of aromatic amines is 1. The molecule has 0 radical (unpaired) electrons. The first-order valence-corrected chi connectivity index (χ1v) is 22.0. The molecule has 0 saturated heterocycles. The molecular weight excluding hydrogens is 719 g/mol. The molecular formula is C54H37N3Si. The number of H-pyrrole nitrogens is 1. The van der Waals surface area contributed by atoms with E-state index < -0.39 is 8.07 Å². The van der Waals surface area contributed by atoms with E-state index in [1.54, 1.807) is 0 Å². The third kappa shape index (κ3) is 4.61. The Kier molecular flexibility index (Phi) is 7.25. The normalized spacial score (nSPS) is 12.1. The Morgan fingerprint density at radius 3 is 1.59 bits per heavy atom. The lowest BCUT2D eigenvalue weighted by Crippen LogP contribution is -2.75. The van der Waals surface area contributed by atoms with Gasteiger partial charge in [0.2, 0.25) is 0 Å². The predicted octanol–water partition coefficient (Wildman–Crippen LogP) is 10.9. The van der Waals surface area contributed by atoms with E-state index in [2.05, 4.69) is 233 Å².